The first-order valence-corrected chi connectivity index (χ1v) is 9.17. The molecule has 132 valence electrons. The first-order chi connectivity index (χ1) is 11.3. The van der Waals surface area contributed by atoms with E-state index in [9.17, 15) is 0 Å². The van der Waals surface area contributed by atoms with Gasteiger partial charge in [0.15, 0.2) is 0 Å². The zero-order chi connectivity index (χ0) is 17.4. The fraction of sp³-hybridized carbons (Fsp3) is 0.684. The summed E-state index contributed by atoms with van der Waals surface area (Å²) in [5.41, 5.74) is 1.83. The minimum Gasteiger partial charge on any atom is -0.399 e. The van der Waals surface area contributed by atoms with Gasteiger partial charge >= 0.3 is 7.12 Å². The van der Waals surface area contributed by atoms with Crippen LogP contribution >= 0.6 is 0 Å². The maximum Gasteiger partial charge on any atom is 0.494 e. The minimum absolute atomic E-state index is 0.282. The molecule has 0 amide bonds. The van der Waals surface area contributed by atoms with Crippen LogP contribution in [-0.4, -0.2) is 49.9 Å². The topological polar surface area (TPSA) is 33.7 Å². The Kier molecular flexibility index (Phi) is 5.08. The third-order valence-corrected chi connectivity index (χ3v) is 5.85. The van der Waals surface area contributed by atoms with Crippen LogP contribution in [0.25, 0.3) is 0 Å². The number of likely N-dealkylation sites (N-methyl/N-ethyl adjacent to an activating group) is 1. The fourth-order valence-corrected chi connectivity index (χ4v) is 3.45. The van der Waals surface area contributed by atoms with Crippen molar-refractivity contribution in [2.75, 3.05) is 26.7 Å². The highest BCUT2D eigenvalue weighted by Crippen LogP contribution is 2.36. The van der Waals surface area contributed by atoms with Crippen LogP contribution in [0.15, 0.2) is 24.3 Å². The molecule has 5 heteroatoms. The average Bonchev–Trinajstić information content (AvgIpc) is 3.11. The normalized spacial score (nSPS) is 24.5. The molecule has 0 aromatic heterocycles. The molecule has 24 heavy (non-hydrogen) atoms. The summed E-state index contributed by atoms with van der Waals surface area (Å²) in [7, 11) is 1.76. The van der Waals surface area contributed by atoms with E-state index in [1.54, 1.807) is 0 Å². The number of nitrogens with one attached hydrogen (secondary N) is 1. The van der Waals surface area contributed by atoms with Crippen molar-refractivity contribution >= 4 is 12.6 Å². The molecule has 0 bridgehead atoms. The van der Waals surface area contributed by atoms with E-state index in [0.29, 0.717) is 6.04 Å². The Morgan fingerprint density at radius 3 is 2.08 bits per heavy atom. The summed E-state index contributed by atoms with van der Waals surface area (Å²) < 4.78 is 12.3. The summed E-state index contributed by atoms with van der Waals surface area (Å²) in [5, 5.41) is 3.46. The van der Waals surface area contributed by atoms with Crippen molar-refractivity contribution in [1.29, 1.82) is 0 Å². The van der Waals surface area contributed by atoms with Gasteiger partial charge in [0, 0.05) is 12.6 Å². The molecular weight excluding hydrogens is 299 g/mol. The predicted molar refractivity (Wildman–Crippen MR) is 99.6 cm³/mol. The highest BCUT2D eigenvalue weighted by Gasteiger charge is 2.51. The fourth-order valence-electron chi connectivity index (χ4n) is 3.45. The molecule has 2 aliphatic rings. The van der Waals surface area contributed by atoms with Crippen LogP contribution in [0.1, 0.15) is 52.1 Å². The van der Waals surface area contributed by atoms with E-state index in [2.05, 4.69) is 62.2 Å². The first kappa shape index (κ1) is 17.9. The molecule has 2 heterocycles. The van der Waals surface area contributed by atoms with Gasteiger partial charge in [0.05, 0.1) is 11.2 Å². The van der Waals surface area contributed by atoms with E-state index in [1.165, 1.54) is 31.5 Å². The van der Waals surface area contributed by atoms with Gasteiger partial charge in [0.1, 0.15) is 0 Å². The maximum atomic E-state index is 6.14. The number of benzene rings is 1. The van der Waals surface area contributed by atoms with Gasteiger partial charge in [0.2, 0.25) is 0 Å². The third kappa shape index (κ3) is 3.55. The van der Waals surface area contributed by atoms with E-state index < -0.39 is 0 Å². The maximum absolute atomic E-state index is 6.14. The molecule has 0 spiro atoms. The van der Waals surface area contributed by atoms with Crippen LogP contribution < -0.4 is 10.8 Å². The Morgan fingerprint density at radius 1 is 1.04 bits per heavy atom. The molecule has 1 N–H and O–H groups in total. The predicted octanol–water partition coefficient (Wildman–Crippen LogP) is 2.34. The summed E-state index contributed by atoms with van der Waals surface area (Å²) in [5.74, 6) is 0. The molecule has 1 atom stereocenters. The Labute approximate surface area is 147 Å². The monoisotopic (exact) mass is 330 g/mol. The number of hydrogen-bond acceptors (Lipinski definition) is 4. The summed E-state index contributed by atoms with van der Waals surface area (Å²) in [6.07, 6.45) is 2.66. The molecule has 2 fully saturated rings. The quantitative estimate of drug-likeness (QED) is 0.841. The van der Waals surface area contributed by atoms with Crippen molar-refractivity contribution in [1.82, 2.24) is 10.2 Å². The second-order valence-electron chi connectivity index (χ2n) is 8.10. The van der Waals surface area contributed by atoms with E-state index in [4.69, 9.17) is 9.31 Å². The summed E-state index contributed by atoms with van der Waals surface area (Å²) >= 11 is 0. The molecule has 2 saturated heterocycles. The van der Waals surface area contributed by atoms with Crippen LogP contribution in [0, 0.1) is 0 Å². The van der Waals surface area contributed by atoms with Gasteiger partial charge in [-0.1, -0.05) is 24.3 Å². The largest absolute Gasteiger partial charge is 0.494 e. The van der Waals surface area contributed by atoms with Crippen LogP contribution in [0.4, 0.5) is 0 Å². The Balaban J connectivity index is 1.68. The smallest absolute Gasteiger partial charge is 0.399 e. The summed E-state index contributed by atoms with van der Waals surface area (Å²) in [4.78, 5) is 2.54. The summed E-state index contributed by atoms with van der Waals surface area (Å²) in [6.45, 7) is 11.9. The number of nitrogens with zero attached hydrogens (tertiary/aromatic N) is 1. The van der Waals surface area contributed by atoms with Gasteiger partial charge in [-0.05, 0) is 71.7 Å². The Morgan fingerprint density at radius 2 is 1.58 bits per heavy atom. The molecule has 1 aromatic carbocycles. The average molecular weight is 330 g/mol. The highest BCUT2D eigenvalue weighted by atomic mass is 16.7. The molecule has 1 aromatic rings. The van der Waals surface area contributed by atoms with E-state index in [1.807, 2.05) is 7.05 Å². The van der Waals surface area contributed by atoms with Crippen molar-refractivity contribution in [2.45, 2.75) is 57.8 Å². The molecule has 3 rings (SSSR count). The van der Waals surface area contributed by atoms with Crippen molar-refractivity contribution in [3.8, 4) is 0 Å². The van der Waals surface area contributed by atoms with Crippen LogP contribution in [0.3, 0.4) is 0 Å². The number of likely N-dealkylation sites (tertiary alicyclic amines) is 1. The lowest BCUT2D eigenvalue weighted by atomic mass is 9.78. The van der Waals surface area contributed by atoms with E-state index in [-0.39, 0.29) is 18.3 Å². The van der Waals surface area contributed by atoms with Gasteiger partial charge in [0.25, 0.3) is 0 Å². The summed E-state index contributed by atoms with van der Waals surface area (Å²) in [6, 6.07) is 9.07. The van der Waals surface area contributed by atoms with Gasteiger partial charge in [-0.25, -0.2) is 0 Å². The van der Waals surface area contributed by atoms with Gasteiger partial charge in [-0.2, -0.15) is 0 Å². The van der Waals surface area contributed by atoms with E-state index >= 15 is 0 Å². The number of hydrogen-bond donors (Lipinski definition) is 1. The molecule has 0 aliphatic carbocycles. The lowest BCUT2D eigenvalue weighted by molar-refractivity contribution is 0.00578. The molecule has 1 unspecified atom stereocenters. The molecular formula is C19H31BN2O2. The Bertz CT molecular complexity index is 537. The van der Waals surface area contributed by atoms with Crippen molar-refractivity contribution in [2.24, 2.45) is 0 Å². The van der Waals surface area contributed by atoms with Gasteiger partial charge < -0.3 is 19.5 Å². The Hall–Kier alpha value is -0.875. The van der Waals surface area contributed by atoms with Crippen molar-refractivity contribution < 1.29 is 9.31 Å². The molecule has 0 radical (unpaired) electrons. The second-order valence-corrected chi connectivity index (χ2v) is 8.10. The lowest BCUT2D eigenvalue weighted by Gasteiger charge is -2.32. The second kappa shape index (κ2) is 6.79. The van der Waals surface area contributed by atoms with Crippen LogP contribution in [-0.2, 0) is 9.31 Å². The van der Waals surface area contributed by atoms with Crippen molar-refractivity contribution in [3.05, 3.63) is 29.8 Å². The third-order valence-electron chi connectivity index (χ3n) is 5.85. The molecule has 4 nitrogen and oxygen atoms in total. The number of rotatable bonds is 5. The van der Waals surface area contributed by atoms with Crippen LogP contribution in [0.2, 0.25) is 0 Å². The zero-order valence-electron chi connectivity index (χ0n) is 15.8. The van der Waals surface area contributed by atoms with Crippen molar-refractivity contribution in [3.63, 3.8) is 0 Å². The van der Waals surface area contributed by atoms with Crippen LogP contribution in [0.5, 0.6) is 0 Å². The van der Waals surface area contributed by atoms with E-state index in [0.717, 1.165) is 12.0 Å². The highest BCUT2D eigenvalue weighted by molar-refractivity contribution is 6.62. The molecule has 0 saturated carbocycles. The SMILES string of the molecule is CNC(CN1CCCC1)c1ccc(B2OC(C)(C)C(C)(C)O2)cc1. The standard InChI is InChI=1S/C19H31BN2O2/c1-18(2)19(3,4)24-20(23-18)16-10-8-15(9-11-16)17(21-5)14-22-12-6-7-13-22/h8-11,17,21H,6-7,12-14H2,1-5H3. The molecule has 2 aliphatic heterocycles. The minimum atomic E-state index is -0.292. The van der Waals surface area contributed by atoms with Gasteiger partial charge in [-0.3, -0.25) is 0 Å². The first-order valence-electron chi connectivity index (χ1n) is 9.17. The van der Waals surface area contributed by atoms with Gasteiger partial charge in [-0.15, -0.1) is 0 Å². The zero-order valence-corrected chi connectivity index (χ0v) is 15.8. The lowest BCUT2D eigenvalue weighted by Crippen LogP contribution is -2.41.